The van der Waals surface area contributed by atoms with Crippen LogP contribution in [0.5, 0.6) is 0 Å². The number of esters is 1. The third-order valence-electron chi connectivity index (χ3n) is 4.39. The average Bonchev–Trinajstić information content (AvgIpc) is 3.05. The first-order valence-corrected chi connectivity index (χ1v) is 9.99. The second-order valence-corrected chi connectivity index (χ2v) is 8.18. The van der Waals surface area contributed by atoms with E-state index < -0.39 is 46.1 Å². The number of nitrogens with zero attached hydrogens (tertiary/aromatic N) is 2. The van der Waals surface area contributed by atoms with Gasteiger partial charge in [0.2, 0.25) is 5.91 Å². The number of amides is 1. The first-order valence-electron chi connectivity index (χ1n) is 9.05. The van der Waals surface area contributed by atoms with Gasteiger partial charge >= 0.3 is 17.8 Å². The fourth-order valence-corrected chi connectivity index (χ4v) is 4.37. The molecule has 1 fully saturated rings. The Hall–Kier alpha value is -2.89. The molecule has 0 aliphatic carbocycles. The van der Waals surface area contributed by atoms with Crippen LogP contribution in [-0.2, 0) is 15.7 Å². The molecule has 3 atom stereocenters. The summed E-state index contributed by atoms with van der Waals surface area (Å²) >= 11 is 1.08. The third kappa shape index (κ3) is 5.63. The van der Waals surface area contributed by atoms with E-state index in [1.54, 1.807) is 0 Å². The second-order valence-electron chi connectivity index (χ2n) is 6.76. The van der Waals surface area contributed by atoms with Gasteiger partial charge in [-0.1, -0.05) is 0 Å². The van der Waals surface area contributed by atoms with Gasteiger partial charge in [0.15, 0.2) is 0 Å². The van der Waals surface area contributed by atoms with E-state index in [0.717, 1.165) is 40.6 Å². The Morgan fingerprint density at radius 2 is 1.94 bits per heavy atom. The van der Waals surface area contributed by atoms with Crippen molar-refractivity contribution in [2.24, 2.45) is 0 Å². The van der Waals surface area contributed by atoms with E-state index in [4.69, 9.17) is 4.74 Å². The van der Waals surface area contributed by atoms with Crippen molar-refractivity contribution in [1.82, 2.24) is 9.55 Å². The summed E-state index contributed by atoms with van der Waals surface area (Å²) in [5.41, 5.74) is -1.69. The van der Waals surface area contributed by atoms with E-state index in [2.05, 4.69) is 10.3 Å². The van der Waals surface area contributed by atoms with E-state index in [-0.39, 0.29) is 24.4 Å². The molecule has 0 radical (unpaired) electrons. The molecule has 1 aliphatic heterocycles. The fourth-order valence-electron chi connectivity index (χ4n) is 2.96. The number of hydrogen-bond acceptors (Lipinski definition) is 6. The standard InChI is InChI=1S/C19H17F4N3O4S/c1-10(27)24-15-6-7-26(18(29)25-15)16-14(20)8-13(31-16)9-30-17(28)11-2-4-12(5-3-11)19(21,22)23/h2-7,13-14,16H,8-9H2,1H3,(H,24,25,27,29)/t13-,14-,16+/m0/s1. The Bertz CT molecular complexity index is 1030. The summed E-state index contributed by atoms with van der Waals surface area (Å²) in [6, 6.07) is 4.94. The van der Waals surface area contributed by atoms with Crippen LogP contribution >= 0.6 is 11.8 Å². The van der Waals surface area contributed by atoms with Crippen molar-refractivity contribution < 1.29 is 31.9 Å². The molecule has 166 valence electrons. The second kappa shape index (κ2) is 9.08. The van der Waals surface area contributed by atoms with Crippen LogP contribution < -0.4 is 11.0 Å². The molecular weight excluding hydrogens is 442 g/mol. The maximum atomic E-state index is 14.5. The maximum absolute atomic E-state index is 14.5. The van der Waals surface area contributed by atoms with Gasteiger partial charge in [0, 0.05) is 18.4 Å². The van der Waals surface area contributed by atoms with Crippen molar-refractivity contribution in [1.29, 1.82) is 0 Å². The summed E-state index contributed by atoms with van der Waals surface area (Å²) in [6.45, 7) is 1.09. The lowest BCUT2D eigenvalue weighted by atomic mass is 10.1. The largest absolute Gasteiger partial charge is 0.461 e. The van der Waals surface area contributed by atoms with Gasteiger partial charge in [-0.15, -0.1) is 11.8 Å². The molecule has 31 heavy (non-hydrogen) atoms. The summed E-state index contributed by atoms with van der Waals surface area (Å²) in [7, 11) is 0. The number of hydrogen-bond donors (Lipinski definition) is 1. The lowest BCUT2D eigenvalue weighted by Gasteiger charge is -2.15. The number of aromatic nitrogens is 2. The molecule has 1 saturated heterocycles. The van der Waals surface area contributed by atoms with E-state index in [9.17, 15) is 31.9 Å². The number of alkyl halides is 4. The van der Waals surface area contributed by atoms with Crippen LogP contribution in [0.2, 0.25) is 0 Å². The fraction of sp³-hybridized carbons (Fsp3) is 0.368. The number of anilines is 1. The predicted octanol–water partition coefficient (Wildman–Crippen LogP) is 3.42. The van der Waals surface area contributed by atoms with Crippen LogP contribution in [0.3, 0.4) is 0 Å². The molecule has 12 heteroatoms. The summed E-state index contributed by atoms with van der Waals surface area (Å²) in [5, 5.41) is 1.01. The van der Waals surface area contributed by atoms with Crippen molar-refractivity contribution in [2.45, 2.75) is 36.3 Å². The first-order chi connectivity index (χ1) is 14.5. The minimum absolute atomic E-state index is 0.00944. The topological polar surface area (TPSA) is 90.3 Å². The van der Waals surface area contributed by atoms with Crippen LogP contribution in [0.25, 0.3) is 0 Å². The molecule has 2 aromatic rings. The summed E-state index contributed by atoms with van der Waals surface area (Å²) in [6.07, 6.45) is -4.59. The molecule has 0 bridgehead atoms. The number of carbonyl (C=O) groups is 2. The number of thioether (sulfide) groups is 1. The average molecular weight is 459 g/mol. The molecule has 1 aromatic carbocycles. The highest BCUT2D eigenvalue weighted by Crippen LogP contribution is 2.43. The van der Waals surface area contributed by atoms with E-state index in [1.807, 2.05) is 0 Å². The number of benzene rings is 1. The number of halogens is 4. The number of ether oxygens (including phenoxy) is 1. The van der Waals surface area contributed by atoms with E-state index in [1.165, 1.54) is 19.2 Å². The quantitative estimate of drug-likeness (QED) is 0.545. The molecule has 2 heterocycles. The summed E-state index contributed by atoms with van der Waals surface area (Å²) in [4.78, 5) is 39.0. The van der Waals surface area contributed by atoms with Crippen molar-refractivity contribution in [3.63, 3.8) is 0 Å². The Labute approximate surface area is 177 Å². The lowest BCUT2D eigenvalue weighted by molar-refractivity contribution is -0.137. The number of rotatable bonds is 5. The molecule has 1 aromatic heterocycles. The predicted molar refractivity (Wildman–Crippen MR) is 104 cm³/mol. The highest BCUT2D eigenvalue weighted by molar-refractivity contribution is 8.00. The molecular formula is C19H17F4N3O4S. The van der Waals surface area contributed by atoms with Gasteiger partial charge in [-0.05, 0) is 36.8 Å². The highest BCUT2D eigenvalue weighted by atomic mass is 32.2. The van der Waals surface area contributed by atoms with Crippen molar-refractivity contribution in [3.8, 4) is 0 Å². The van der Waals surface area contributed by atoms with Crippen LogP contribution in [0, 0.1) is 0 Å². The van der Waals surface area contributed by atoms with Gasteiger partial charge in [0.1, 0.15) is 24.0 Å². The maximum Gasteiger partial charge on any atom is 0.416 e. The lowest BCUT2D eigenvalue weighted by Crippen LogP contribution is -2.28. The number of nitrogens with one attached hydrogen (secondary N) is 1. The van der Waals surface area contributed by atoms with Gasteiger partial charge in [-0.3, -0.25) is 9.36 Å². The van der Waals surface area contributed by atoms with Crippen molar-refractivity contribution in [2.75, 3.05) is 11.9 Å². The Kier molecular flexibility index (Phi) is 6.68. The highest BCUT2D eigenvalue weighted by Gasteiger charge is 2.38. The Morgan fingerprint density at radius 3 is 2.52 bits per heavy atom. The first kappa shape index (κ1) is 22.8. The molecule has 3 rings (SSSR count). The summed E-state index contributed by atoms with van der Waals surface area (Å²) < 4.78 is 58.5. The minimum atomic E-state index is -4.51. The van der Waals surface area contributed by atoms with E-state index in [0.29, 0.717) is 0 Å². The zero-order chi connectivity index (χ0) is 22.8. The molecule has 1 aliphatic rings. The van der Waals surface area contributed by atoms with Crippen LogP contribution in [-0.4, -0.2) is 39.5 Å². The minimum Gasteiger partial charge on any atom is -0.461 e. The zero-order valence-corrected chi connectivity index (χ0v) is 16.9. The smallest absolute Gasteiger partial charge is 0.416 e. The van der Waals surface area contributed by atoms with Gasteiger partial charge in [-0.25, -0.2) is 14.0 Å². The van der Waals surface area contributed by atoms with Crippen molar-refractivity contribution in [3.05, 3.63) is 58.1 Å². The summed E-state index contributed by atoms with van der Waals surface area (Å²) in [5.74, 6) is -1.18. The molecule has 0 unspecified atom stereocenters. The van der Waals surface area contributed by atoms with Gasteiger partial charge < -0.3 is 10.1 Å². The molecule has 0 saturated carbocycles. The SMILES string of the molecule is CC(=O)Nc1ccn([C@@H]2S[C@H](COC(=O)c3ccc(C(F)(F)F)cc3)C[C@@H]2F)c(=O)n1. The number of carbonyl (C=O) groups excluding carboxylic acids is 2. The van der Waals surface area contributed by atoms with Gasteiger partial charge in [0.25, 0.3) is 0 Å². The molecule has 1 N–H and O–H groups in total. The van der Waals surface area contributed by atoms with Crippen LogP contribution in [0.1, 0.15) is 34.6 Å². The third-order valence-corrected chi connectivity index (χ3v) is 5.90. The zero-order valence-electron chi connectivity index (χ0n) is 16.1. The van der Waals surface area contributed by atoms with Crippen LogP contribution in [0.4, 0.5) is 23.4 Å². The van der Waals surface area contributed by atoms with Crippen molar-refractivity contribution >= 4 is 29.5 Å². The van der Waals surface area contributed by atoms with E-state index >= 15 is 0 Å². The normalized spacial score (nSPS) is 21.0. The molecule has 7 nitrogen and oxygen atoms in total. The monoisotopic (exact) mass is 459 g/mol. The Balaban J connectivity index is 1.59. The van der Waals surface area contributed by atoms with Gasteiger partial charge in [0.05, 0.1) is 11.1 Å². The van der Waals surface area contributed by atoms with Crippen LogP contribution in [0.15, 0.2) is 41.3 Å². The molecule has 0 spiro atoms. The van der Waals surface area contributed by atoms with Gasteiger partial charge in [-0.2, -0.15) is 18.2 Å². The Morgan fingerprint density at radius 1 is 1.26 bits per heavy atom. The molecule has 1 amide bonds.